The van der Waals surface area contributed by atoms with Gasteiger partial charge < -0.3 is 5.32 Å². The molecule has 1 saturated carbocycles. The van der Waals surface area contributed by atoms with E-state index in [0.717, 1.165) is 29.1 Å². The van der Waals surface area contributed by atoms with E-state index in [4.69, 9.17) is 11.6 Å². The van der Waals surface area contributed by atoms with Crippen LogP contribution in [0.4, 0.5) is 0 Å². The van der Waals surface area contributed by atoms with E-state index >= 15 is 0 Å². The highest BCUT2D eigenvalue weighted by Gasteiger charge is 2.37. The van der Waals surface area contributed by atoms with Crippen molar-refractivity contribution >= 4 is 49.4 Å². The van der Waals surface area contributed by atoms with Gasteiger partial charge in [0.15, 0.2) is 0 Å². The average molecular weight is 381 g/mol. The Bertz CT molecular complexity index is 441. The first-order valence-electron chi connectivity index (χ1n) is 5.40. The summed E-state index contributed by atoms with van der Waals surface area (Å²) in [6, 6.07) is 5.29. The molecular weight excluding hydrogens is 369 g/mol. The van der Waals surface area contributed by atoms with Crippen LogP contribution in [0.5, 0.6) is 0 Å². The Kier molecular flexibility index (Phi) is 4.16. The smallest absolute Gasteiger partial charge is 0.253 e. The van der Waals surface area contributed by atoms with Crippen LogP contribution in [0, 0.1) is 0 Å². The van der Waals surface area contributed by atoms with Gasteiger partial charge >= 0.3 is 0 Å². The molecule has 17 heavy (non-hydrogen) atoms. The van der Waals surface area contributed by atoms with Gasteiger partial charge in [0.25, 0.3) is 5.91 Å². The monoisotopic (exact) mass is 379 g/mol. The van der Waals surface area contributed by atoms with Crippen LogP contribution in [0.2, 0.25) is 5.02 Å². The predicted octanol–water partition coefficient (Wildman–Crippen LogP) is 4.15. The minimum Gasteiger partial charge on any atom is -0.346 e. The van der Waals surface area contributed by atoms with Gasteiger partial charge in [0.05, 0.1) is 16.1 Å². The summed E-state index contributed by atoms with van der Waals surface area (Å²) >= 11 is 12.8. The zero-order valence-corrected chi connectivity index (χ0v) is 13.0. The Morgan fingerprint density at radius 2 is 2.18 bits per heavy atom. The molecule has 1 aliphatic rings. The number of benzene rings is 1. The number of hydrogen-bond donors (Lipinski definition) is 1. The van der Waals surface area contributed by atoms with Crippen molar-refractivity contribution < 1.29 is 4.79 Å². The van der Waals surface area contributed by atoms with E-state index in [1.54, 1.807) is 12.1 Å². The van der Waals surface area contributed by atoms with Gasteiger partial charge in [-0.05, 0) is 37.5 Å². The molecule has 1 aromatic carbocycles. The van der Waals surface area contributed by atoms with Gasteiger partial charge in [0, 0.05) is 9.80 Å². The first kappa shape index (κ1) is 13.4. The number of hydrogen-bond acceptors (Lipinski definition) is 1. The van der Waals surface area contributed by atoms with Crippen molar-refractivity contribution in [2.75, 3.05) is 5.33 Å². The molecule has 2 nitrogen and oxygen atoms in total. The minimum absolute atomic E-state index is 0.0806. The second-order valence-electron chi connectivity index (χ2n) is 4.35. The van der Waals surface area contributed by atoms with Gasteiger partial charge in [-0.15, -0.1) is 0 Å². The second-order valence-corrected chi connectivity index (χ2v) is 6.23. The zero-order chi connectivity index (χ0) is 12.5. The van der Waals surface area contributed by atoms with E-state index in [1.807, 2.05) is 6.07 Å². The van der Waals surface area contributed by atoms with E-state index in [9.17, 15) is 4.79 Å². The summed E-state index contributed by atoms with van der Waals surface area (Å²) in [5.74, 6) is -0.101. The lowest BCUT2D eigenvalue weighted by Crippen LogP contribution is -2.54. The average Bonchev–Trinajstić information content (AvgIpc) is 2.26. The summed E-state index contributed by atoms with van der Waals surface area (Å²) in [7, 11) is 0. The topological polar surface area (TPSA) is 29.1 Å². The van der Waals surface area contributed by atoms with Crippen LogP contribution >= 0.6 is 43.5 Å². The minimum atomic E-state index is -0.101. The molecule has 1 fully saturated rings. The molecule has 2 rings (SSSR count). The Labute approximate surface area is 122 Å². The predicted molar refractivity (Wildman–Crippen MR) is 77.0 cm³/mol. The van der Waals surface area contributed by atoms with Crippen LogP contribution in [-0.2, 0) is 0 Å². The van der Waals surface area contributed by atoms with Crippen LogP contribution in [0.3, 0.4) is 0 Å². The van der Waals surface area contributed by atoms with Crippen molar-refractivity contribution in [1.82, 2.24) is 5.32 Å². The summed E-state index contributed by atoms with van der Waals surface area (Å²) in [4.78, 5) is 12.1. The molecule has 1 aromatic rings. The fourth-order valence-electron chi connectivity index (χ4n) is 1.88. The van der Waals surface area contributed by atoms with Crippen LogP contribution < -0.4 is 5.32 Å². The fraction of sp³-hybridized carbons (Fsp3) is 0.417. The van der Waals surface area contributed by atoms with Gasteiger partial charge in [0.1, 0.15) is 0 Å². The molecule has 0 spiro atoms. The number of alkyl halides is 1. The van der Waals surface area contributed by atoms with E-state index in [2.05, 4.69) is 37.2 Å². The lowest BCUT2D eigenvalue weighted by Gasteiger charge is -2.41. The maximum atomic E-state index is 12.1. The molecule has 0 aromatic heterocycles. The lowest BCUT2D eigenvalue weighted by molar-refractivity contribution is 0.0856. The van der Waals surface area contributed by atoms with E-state index in [1.165, 1.54) is 0 Å². The largest absolute Gasteiger partial charge is 0.346 e. The number of nitrogens with one attached hydrogen (secondary N) is 1. The summed E-state index contributed by atoms with van der Waals surface area (Å²) in [6.07, 6.45) is 3.21. The maximum absolute atomic E-state index is 12.1. The van der Waals surface area contributed by atoms with E-state index < -0.39 is 0 Å². The zero-order valence-electron chi connectivity index (χ0n) is 9.10. The molecule has 0 saturated heterocycles. The SMILES string of the molecule is O=C(NC1(CBr)CCC1)c1cc(Br)ccc1Cl. The Morgan fingerprint density at radius 1 is 1.47 bits per heavy atom. The van der Waals surface area contributed by atoms with E-state index in [-0.39, 0.29) is 11.4 Å². The van der Waals surface area contributed by atoms with Gasteiger partial charge in [0.2, 0.25) is 0 Å². The fourth-order valence-corrected chi connectivity index (χ4v) is 3.14. The van der Waals surface area contributed by atoms with Crippen molar-refractivity contribution in [3.8, 4) is 0 Å². The number of amides is 1. The first-order chi connectivity index (χ1) is 8.06. The number of carbonyl (C=O) groups excluding carboxylic acids is 1. The molecule has 0 aliphatic heterocycles. The highest BCUT2D eigenvalue weighted by atomic mass is 79.9. The Hall–Kier alpha value is -0.0600. The van der Waals surface area contributed by atoms with Crippen LogP contribution in [0.25, 0.3) is 0 Å². The van der Waals surface area contributed by atoms with Crippen molar-refractivity contribution in [3.05, 3.63) is 33.3 Å². The van der Waals surface area contributed by atoms with Gasteiger partial charge in [-0.3, -0.25) is 4.79 Å². The maximum Gasteiger partial charge on any atom is 0.253 e. The van der Waals surface area contributed by atoms with Crippen molar-refractivity contribution in [3.63, 3.8) is 0 Å². The third kappa shape index (κ3) is 2.85. The second kappa shape index (κ2) is 5.29. The number of carbonyl (C=O) groups is 1. The molecule has 0 atom stereocenters. The Balaban J connectivity index is 2.17. The van der Waals surface area contributed by atoms with Gasteiger partial charge in [-0.25, -0.2) is 0 Å². The summed E-state index contributed by atoms with van der Waals surface area (Å²) in [5, 5.41) is 4.34. The molecule has 1 amide bonds. The molecule has 0 heterocycles. The first-order valence-corrected chi connectivity index (χ1v) is 7.69. The summed E-state index contributed by atoms with van der Waals surface area (Å²) in [5.41, 5.74) is 0.441. The molecule has 1 aliphatic carbocycles. The quantitative estimate of drug-likeness (QED) is 0.783. The van der Waals surface area contributed by atoms with Crippen molar-refractivity contribution in [2.24, 2.45) is 0 Å². The molecule has 0 radical (unpaired) electrons. The van der Waals surface area contributed by atoms with Gasteiger partial charge in [-0.2, -0.15) is 0 Å². The molecule has 1 N–H and O–H groups in total. The summed E-state index contributed by atoms with van der Waals surface area (Å²) < 4.78 is 0.855. The molecule has 92 valence electrons. The van der Waals surface area contributed by atoms with Crippen LogP contribution in [-0.4, -0.2) is 16.8 Å². The Morgan fingerprint density at radius 3 is 2.71 bits per heavy atom. The van der Waals surface area contributed by atoms with Crippen molar-refractivity contribution in [2.45, 2.75) is 24.8 Å². The normalized spacial score (nSPS) is 17.4. The number of rotatable bonds is 3. The molecule has 0 unspecified atom stereocenters. The highest BCUT2D eigenvalue weighted by molar-refractivity contribution is 9.10. The highest BCUT2D eigenvalue weighted by Crippen LogP contribution is 2.34. The standard InChI is InChI=1S/C12H12Br2ClNO/c13-7-12(4-1-5-12)16-11(17)9-6-8(14)2-3-10(9)15/h2-3,6H,1,4-5,7H2,(H,16,17). The van der Waals surface area contributed by atoms with Crippen LogP contribution in [0.1, 0.15) is 29.6 Å². The molecular formula is C12H12Br2ClNO. The third-order valence-electron chi connectivity index (χ3n) is 3.12. The van der Waals surface area contributed by atoms with Crippen molar-refractivity contribution in [1.29, 1.82) is 0 Å². The van der Waals surface area contributed by atoms with E-state index in [0.29, 0.717) is 10.6 Å². The molecule has 0 bridgehead atoms. The van der Waals surface area contributed by atoms with Crippen LogP contribution in [0.15, 0.2) is 22.7 Å². The lowest BCUT2D eigenvalue weighted by atomic mass is 9.78. The summed E-state index contributed by atoms with van der Waals surface area (Å²) in [6.45, 7) is 0. The molecule has 5 heteroatoms. The number of halogens is 3. The van der Waals surface area contributed by atoms with Gasteiger partial charge in [-0.1, -0.05) is 43.5 Å². The third-order valence-corrected chi connectivity index (χ3v) is 5.01.